The summed E-state index contributed by atoms with van der Waals surface area (Å²) < 4.78 is 0. The maximum absolute atomic E-state index is 2.37. The average molecular weight is 867 g/mol. The second-order valence-corrected chi connectivity index (χ2v) is 17.3. The van der Waals surface area contributed by atoms with E-state index < -0.39 is 0 Å². The molecule has 2 nitrogen and oxygen atoms in total. The first-order chi connectivity index (χ1) is 33.7. The highest BCUT2D eigenvalue weighted by Gasteiger charge is 2.19. The molecular weight excluding hydrogens is 821 g/mol. The molecule has 2 heteroatoms. The quantitative estimate of drug-likeness (QED) is 0.126. The lowest BCUT2D eigenvalue weighted by Crippen LogP contribution is -2.10. The van der Waals surface area contributed by atoms with E-state index in [0.29, 0.717) is 0 Å². The minimum Gasteiger partial charge on any atom is -0.311 e. The van der Waals surface area contributed by atoms with Gasteiger partial charge in [0.2, 0.25) is 0 Å². The Labute approximate surface area is 397 Å². The molecule has 12 rings (SSSR count). The molecule has 0 spiro atoms. The van der Waals surface area contributed by atoms with E-state index in [1.165, 1.54) is 65.7 Å². The number of benzene rings is 12. The number of hydrogen-bond donors (Lipinski definition) is 0. The molecule has 0 fully saturated rings. The smallest absolute Gasteiger partial charge is 0.0462 e. The van der Waals surface area contributed by atoms with Gasteiger partial charge in [0, 0.05) is 34.1 Å². The summed E-state index contributed by atoms with van der Waals surface area (Å²) in [7, 11) is 0. The van der Waals surface area contributed by atoms with Crippen molar-refractivity contribution >= 4 is 66.4 Å². The lowest BCUT2D eigenvalue weighted by atomic mass is 9.86. The van der Waals surface area contributed by atoms with Gasteiger partial charge in [-0.15, -0.1) is 0 Å². The summed E-state index contributed by atoms with van der Waals surface area (Å²) in [5.41, 5.74) is 16.3. The first-order valence-electron chi connectivity index (χ1n) is 23.3. The molecule has 0 aromatic heterocycles. The highest BCUT2D eigenvalue weighted by atomic mass is 15.1. The van der Waals surface area contributed by atoms with Crippen molar-refractivity contribution in [3.05, 3.63) is 279 Å². The van der Waals surface area contributed by atoms with Crippen LogP contribution in [-0.2, 0) is 0 Å². The van der Waals surface area contributed by atoms with Crippen LogP contribution < -0.4 is 9.80 Å². The van der Waals surface area contributed by atoms with Crippen LogP contribution in [0.4, 0.5) is 34.1 Å². The van der Waals surface area contributed by atoms with E-state index in [1.54, 1.807) is 0 Å². The molecule has 12 aromatic carbocycles. The normalized spacial score (nSPS) is 11.2. The number of hydrogen-bond acceptors (Lipinski definition) is 2. The van der Waals surface area contributed by atoms with Gasteiger partial charge in [-0.3, -0.25) is 0 Å². The maximum atomic E-state index is 2.37. The number of nitrogens with zero attached hydrogens (tertiary/aromatic N) is 2. The summed E-state index contributed by atoms with van der Waals surface area (Å²) in [6.45, 7) is 0. The molecular formula is C66H46N2. The summed E-state index contributed by atoms with van der Waals surface area (Å²) in [6.07, 6.45) is 0. The molecule has 0 heterocycles. The van der Waals surface area contributed by atoms with E-state index in [9.17, 15) is 0 Å². The topological polar surface area (TPSA) is 6.48 Å². The van der Waals surface area contributed by atoms with Gasteiger partial charge in [-0.2, -0.15) is 0 Å². The Kier molecular flexibility index (Phi) is 10.6. The molecule has 0 unspecified atom stereocenters. The van der Waals surface area contributed by atoms with Crippen LogP contribution in [0.25, 0.3) is 76.8 Å². The van der Waals surface area contributed by atoms with Gasteiger partial charge in [0.15, 0.2) is 0 Å². The zero-order chi connectivity index (χ0) is 45.2. The minimum atomic E-state index is 1.08. The van der Waals surface area contributed by atoms with Gasteiger partial charge in [-0.1, -0.05) is 206 Å². The van der Waals surface area contributed by atoms with Gasteiger partial charge >= 0.3 is 0 Å². The fourth-order valence-corrected chi connectivity index (χ4v) is 10.1. The van der Waals surface area contributed by atoms with Crippen molar-refractivity contribution < 1.29 is 0 Å². The third kappa shape index (κ3) is 7.54. The van der Waals surface area contributed by atoms with Gasteiger partial charge in [0.05, 0.1) is 0 Å². The van der Waals surface area contributed by atoms with Crippen molar-refractivity contribution in [3.8, 4) is 44.5 Å². The molecule has 0 radical (unpaired) electrons. The highest BCUT2D eigenvalue weighted by molar-refractivity contribution is 6.21. The largest absolute Gasteiger partial charge is 0.311 e. The van der Waals surface area contributed by atoms with Crippen LogP contribution in [0.1, 0.15) is 0 Å². The maximum Gasteiger partial charge on any atom is 0.0462 e. The molecule has 0 saturated heterocycles. The summed E-state index contributed by atoms with van der Waals surface area (Å²) in [4.78, 5) is 4.67. The van der Waals surface area contributed by atoms with Crippen LogP contribution in [0.2, 0.25) is 0 Å². The Morgan fingerprint density at radius 3 is 0.897 bits per heavy atom. The highest BCUT2D eigenvalue weighted by Crippen LogP contribution is 2.45. The second kappa shape index (κ2) is 17.8. The lowest BCUT2D eigenvalue weighted by Gasteiger charge is -2.27. The Morgan fingerprint density at radius 2 is 0.471 bits per heavy atom. The predicted octanol–water partition coefficient (Wildman–Crippen LogP) is 18.8. The van der Waals surface area contributed by atoms with Crippen molar-refractivity contribution in [1.29, 1.82) is 0 Å². The van der Waals surface area contributed by atoms with Gasteiger partial charge in [0.25, 0.3) is 0 Å². The summed E-state index contributed by atoms with van der Waals surface area (Å²) in [5.74, 6) is 0. The molecule has 0 aliphatic rings. The molecule has 12 aromatic rings. The monoisotopic (exact) mass is 866 g/mol. The van der Waals surface area contributed by atoms with Crippen molar-refractivity contribution in [3.63, 3.8) is 0 Å². The molecule has 0 amide bonds. The Morgan fingerprint density at radius 1 is 0.176 bits per heavy atom. The Hall–Kier alpha value is -8.98. The molecule has 0 aliphatic carbocycles. The van der Waals surface area contributed by atoms with Crippen molar-refractivity contribution in [1.82, 2.24) is 0 Å². The summed E-state index contributed by atoms with van der Waals surface area (Å²) in [6, 6.07) is 101. The molecule has 0 saturated carbocycles. The Bertz CT molecular complexity index is 3580. The van der Waals surface area contributed by atoms with Crippen LogP contribution in [0.15, 0.2) is 279 Å². The molecule has 0 atom stereocenters. The predicted molar refractivity (Wildman–Crippen MR) is 290 cm³/mol. The lowest BCUT2D eigenvalue weighted by molar-refractivity contribution is 1.28. The van der Waals surface area contributed by atoms with E-state index in [4.69, 9.17) is 0 Å². The summed E-state index contributed by atoms with van der Waals surface area (Å²) in [5, 5.41) is 7.49. The number of para-hydroxylation sites is 2. The first-order valence-corrected chi connectivity index (χ1v) is 23.3. The first kappa shape index (κ1) is 40.5. The van der Waals surface area contributed by atoms with Crippen LogP contribution in [0, 0.1) is 0 Å². The molecule has 0 bridgehead atoms. The third-order valence-electron chi connectivity index (χ3n) is 13.2. The van der Waals surface area contributed by atoms with Crippen LogP contribution in [0.5, 0.6) is 0 Å². The van der Waals surface area contributed by atoms with Crippen molar-refractivity contribution in [2.24, 2.45) is 0 Å². The fraction of sp³-hybridized carbons (Fsp3) is 0. The van der Waals surface area contributed by atoms with Gasteiger partial charge < -0.3 is 9.80 Å². The molecule has 0 aliphatic heterocycles. The van der Waals surface area contributed by atoms with E-state index in [1.807, 2.05) is 0 Å². The van der Waals surface area contributed by atoms with E-state index in [-0.39, 0.29) is 0 Å². The molecule has 320 valence electrons. The van der Waals surface area contributed by atoms with Crippen molar-refractivity contribution in [2.45, 2.75) is 0 Å². The summed E-state index contributed by atoms with van der Waals surface area (Å²) >= 11 is 0. The SMILES string of the molecule is c1ccc(-c2c3ccccc3c(-c3ccc(N(c4ccc(-c5ccc(N(c6ccccc6)c6ccccc6)cc5)cc4)c4ccc(-c5cccc6ccccc56)cc4)cc3)c3ccccc23)cc1. The number of rotatable bonds is 10. The molecule has 68 heavy (non-hydrogen) atoms. The van der Waals surface area contributed by atoms with Crippen molar-refractivity contribution in [2.75, 3.05) is 9.80 Å². The number of fused-ring (bicyclic) bond motifs is 3. The van der Waals surface area contributed by atoms with Crippen LogP contribution in [-0.4, -0.2) is 0 Å². The average Bonchev–Trinajstić information content (AvgIpc) is 3.42. The fourth-order valence-electron chi connectivity index (χ4n) is 10.1. The zero-order valence-electron chi connectivity index (χ0n) is 37.5. The van der Waals surface area contributed by atoms with Gasteiger partial charge in [0.1, 0.15) is 0 Å². The van der Waals surface area contributed by atoms with E-state index in [0.717, 1.165) is 45.3 Å². The zero-order valence-corrected chi connectivity index (χ0v) is 37.5. The third-order valence-corrected chi connectivity index (χ3v) is 13.2. The minimum absolute atomic E-state index is 1.08. The standard InChI is InChI=1S/C66H46N2/c1-4-18-51(19-5-1)65-61-26-12-14-28-63(61)66(64-29-15-13-27-62(64)65)52-37-45-58(46-38-52)68(57-43-35-50(36-44-57)60-30-16-20-49-17-10-11-25-59(49)60)56-41-33-48(34-42-56)47-31-39-55(40-32-47)67(53-21-6-2-7-22-53)54-23-8-3-9-24-54/h1-46H. The van der Waals surface area contributed by atoms with Crippen LogP contribution >= 0.6 is 0 Å². The van der Waals surface area contributed by atoms with E-state index >= 15 is 0 Å². The van der Waals surface area contributed by atoms with Crippen LogP contribution in [0.3, 0.4) is 0 Å². The molecule has 0 N–H and O–H groups in total. The van der Waals surface area contributed by atoms with E-state index in [2.05, 4.69) is 289 Å². The second-order valence-electron chi connectivity index (χ2n) is 17.3. The Balaban J connectivity index is 0.930. The number of anilines is 6. The van der Waals surface area contributed by atoms with Gasteiger partial charge in [-0.25, -0.2) is 0 Å². The van der Waals surface area contributed by atoms with Gasteiger partial charge in [-0.05, 0) is 150 Å².